The Hall–Kier alpha value is -2.04. The van der Waals surface area contributed by atoms with Crippen molar-refractivity contribution in [2.45, 2.75) is 58.0 Å². The summed E-state index contributed by atoms with van der Waals surface area (Å²) < 4.78 is 5.88. The monoisotopic (exact) mass is 344 g/mol. The van der Waals surface area contributed by atoms with Crippen LogP contribution < -0.4 is 10.1 Å². The minimum Gasteiger partial charge on any atom is -0.491 e. The second-order valence-electron chi connectivity index (χ2n) is 7.56. The lowest BCUT2D eigenvalue weighted by Crippen LogP contribution is -2.39. The number of carbonyl (C=O) groups is 2. The van der Waals surface area contributed by atoms with Gasteiger partial charge in [0.05, 0.1) is 6.04 Å². The van der Waals surface area contributed by atoms with Crippen LogP contribution in [-0.4, -0.2) is 41.9 Å². The molecule has 0 bridgehead atoms. The second-order valence-corrected chi connectivity index (χ2v) is 7.56. The van der Waals surface area contributed by atoms with Crippen molar-refractivity contribution in [1.29, 1.82) is 0 Å². The Morgan fingerprint density at radius 3 is 2.56 bits per heavy atom. The normalized spacial score (nSPS) is 20.0. The first kappa shape index (κ1) is 17.8. The van der Waals surface area contributed by atoms with Gasteiger partial charge in [-0.1, -0.05) is 13.8 Å². The van der Waals surface area contributed by atoms with Crippen LogP contribution in [0.1, 0.15) is 56.3 Å². The zero-order valence-electron chi connectivity index (χ0n) is 15.2. The molecule has 1 N–H and O–H groups in total. The third kappa shape index (κ3) is 4.97. The van der Waals surface area contributed by atoms with Crippen LogP contribution in [0.2, 0.25) is 0 Å². The number of likely N-dealkylation sites (tertiary alicyclic amines) is 1. The average Bonchev–Trinajstić information content (AvgIpc) is 3.26. The molecule has 1 aliphatic heterocycles. The SMILES string of the molecule is CC(C)CC(=O)N1CCCC1COc1ccc(C(=O)NC2CC2)cc1. The Kier molecular flexibility index (Phi) is 5.61. The zero-order chi connectivity index (χ0) is 17.8. The quantitative estimate of drug-likeness (QED) is 0.827. The average molecular weight is 344 g/mol. The molecule has 1 unspecified atom stereocenters. The van der Waals surface area contributed by atoms with E-state index in [2.05, 4.69) is 19.2 Å². The van der Waals surface area contributed by atoms with E-state index in [4.69, 9.17) is 4.74 Å². The van der Waals surface area contributed by atoms with Crippen LogP contribution in [0.4, 0.5) is 0 Å². The van der Waals surface area contributed by atoms with Gasteiger partial charge in [-0.05, 0) is 55.9 Å². The van der Waals surface area contributed by atoms with Crippen LogP contribution in [0.5, 0.6) is 5.75 Å². The number of hydrogen-bond acceptors (Lipinski definition) is 3. The van der Waals surface area contributed by atoms with Gasteiger partial charge in [0.25, 0.3) is 5.91 Å². The lowest BCUT2D eigenvalue weighted by atomic mass is 10.1. The Labute approximate surface area is 149 Å². The highest BCUT2D eigenvalue weighted by atomic mass is 16.5. The first-order valence-electron chi connectivity index (χ1n) is 9.36. The van der Waals surface area contributed by atoms with E-state index in [0.717, 1.165) is 38.0 Å². The molecule has 1 aromatic rings. The minimum atomic E-state index is -0.0182. The van der Waals surface area contributed by atoms with Gasteiger partial charge in [-0.3, -0.25) is 9.59 Å². The van der Waals surface area contributed by atoms with Crippen molar-refractivity contribution in [1.82, 2.24) is 10.2 Å². The summed E-state index contributed by atoms with van der Waals surface area (Å²) in [6.45, 7) is 5.48. The number of nitrogens with zero attached hydrogens (tertiary/aromatic N) is 1. The fourth-order valence-electron chi connectivity index (χ4n) is 3.20. The first-order chi connectivity index (χ1) is 12.0. The molecule has 1 aliphatic carbocycles. The largest absolute Gasteiger partial charge is 0.491 e. The van der Waals surface area contributed by atoms with Gasteiger partial charge in [0.15, 0.2) is 0 Å². The number of amides is 2. The summed E-state index contributed by atoms with van der Waals surface area (Å²) in [6.07, 6.45) is 4.80. The predicted molar refractivity (Wildman–Crippen MR) is 96.6 cm³/mol. The molecule has 136 valence electrons. The molecule has 2 fully saturated rings. The first-order valence-corrected chi connectivity index (χ1v) is 9.36. The van der Waals surface area contributed by atoms with Gasteiger partial charge >= 0.3 is 0 Å². The van der Waals surface area contributed by atoms with Crippen LogP contribution in [0.15, 0.2) is 24.3 Å². The Morgan fingerprint density at radius 2 is 1.92 bits per heavy atom. The van der Waals surface area contributed by atoms with Crippen LogP contribution in [0, 0.1) is 5.92 Å². The van der Waals surface area contributed by atoms with E-state index in [0.29, 0.717) is 30.6 Å². The molecule has 1 saturated heterocycles. The van der Waals surface area contributed by atoms with Gasteiger partial charge in [0.1, 0.15) is 12.4 Å². The molecule has 2 aliphatic rings. The summed E-state index contributed by atoms with van der Waals surface area (Å²) in [5, 5.41) is 2.98. The van der Waals surface area contributed by atoms with E-state index in [1.807, 2.05) is 17.0 Å². The zero-order valence-corrected chi connectivity index (χ0v) is 15.2. The fraction of sp³-hybridized carbons (Fsp3) is 0.600. The molecule has 0 aromatic heterocycles. The molecule has 0 radical (unpaired) electrons. The Morgan fingerprint density at radius 1 is 1.20 bits per heavy atom. The molecular formula is C20H28N2O3. The van der Waals surface area contributed by atoms with E-state index in [1.165, 1.54) is 0 Å². The lowest BCUT2D eigenvalue weighted by molar-refractivity contribution is -0.133. The van der Waals surface area contributed by atoms with Crippen molar-refractivity contribution in [3.8, 4) is 5.75 Å². The van der Waals surface area contributed by atoms with Gasteiger partial charge in [0.2, 0.25) is 5.91 Å². The van der Waals surface area contributed by atoms with Crippen LogP contribution in [-0.2, 0) is 4.79 Å². The Balaban J connectivity index is 1.50. The maximum absolute atomic E-state index is 12.3. The standard InChI is InChI=1S/C20H28N2O3/c1-14(2)12-19(23)22-11-3-4-17(22)13-25-18-9-5-15(6-10-18)20(24)21-16-7-8-16/h5-6,9-10,14,16-17H,3-4,7-8,11-13H2,1-2H3,(H,21,24). The molecule has 1 atom stereocenters. The third-order valence-corrected chi connectivity index (χ3v) is 4.75. The molecule has 25 heavy (non-hydrogen) atoms. The number of nitrogens with one attached hydrogen (secondary N) is 1. The molecule has 0 spiro atoms. The minimum absolute atomic E-state index is 0.0182. The number of carbonyl (C=O) groups excluding carboxylic acids is 2. The number of ether oxygens (including phenoxy) is 1. The molecule has 5 nitrogen and oxygen atoms in total. The molecular weight excluding hydrogens is 316 g/mol. The van der Waals surface area contributed by atoms with E-state index in [1.54, 1.807) is 12.1 Å². The lowest BCUT2D eigenvalue weighted by Gasteiger charge is -2.25. The summed E-state index contributed by atoms with van der Waals surface area (Å²) in [5.41, 5.74) is 0.661. The van der Waals surface area contributed by atoms with Gasteiger partial charge in [-0.2, -0.15) is 0 Å². The van der Waals surface area contributed by atoms with Gasteiger partial charge < -0.3 is 15.0 Å². The molecule has 1 heterocycles. The van der Waals surface area contributed by atoms with Crippen molar-refractivity contribution in [2.24, 2.45) is 5.92 Å². The fourth-order valence-corrected chi connectivity index (χ4v) is 3.20. The van der Waals surface area contributed by atoms with Crippen LogP contribution >= 0.6 is 0 Å². The maximum Gasteiger partial charge on any atom is 0.251 e. The highest BCUT2D eigenvalue weighted by Gasteiger charge is 2.29. The van der Waals surface area contributed by atoms with Crippen molar-refractivity contribution in [3.05, 3.63) is 29.8 Å². The second kappa shape index (κ2) is 7.89. The van der Waals surface area contributed by atoms with Crippen LogP contribution in [0.25, 0.3) is 0 Å². The Bertz CT molecular complexity index is 608. The predicted octanol–water partition coefficient (Wildman–Crippen LogP) is 2.99. The topological polar surface area (TPSA) is 58.6 Å². The van der Waals surface area contributed by atoms with Crippen molar-refractivity contribution in [3.63, 3.8) is 0 Å². The summed E-state index contributed by atoms with van der Waals surface area (Å²) in [4.78, 5) is 26.3. The van der Waals surface area contributed by atoms with Gasteiger partial charge in [-0.15, -0.1) is 0 Å². The molecule has 3 rings (SSSR count). The van der Waals surface area contributed by atoms with Crippen LogP contribution in [0.3, 0.4) is 0 Å². The van der Waals surface area contributed by atoms with E-state index < -0.39 is 0 Å². The van der Waals surface area contributed by atoms with E-state index in [-0.39, 0.29) is 17.9 Å². The number of rotatable bonds is 7. The summed E-state index contributed by atoms with van der Waals surface area (Å²) in [6, 6.07) is 7.77. The molecule has 1 aromatic carbocycles. The van der Waals surface area contributed by atoms with Crippen molar-refractivity contribution < 1.29 is 14.3 Å². The third-order valence-electron chi connectivity index (χ3n) is 4.75. The van der Waals surface area contributed by atoms with E-state index in [9.17, 15) is 9.59 Å². The van der Waals surface area contributed by atoms with E-state index >= 15 is 0 Å². The molecule has 5 heteroatoms. The highest BCUT2D eigenvalue weighted by Crippen LogP contribution is 2.22. The summed E-state index contributed by atoms with van der Waals surface area (Å²) in [5.74, 6) is 1.33. The molecule has 2 amide bonds. The van der Waals surface area contributed by atoms with Crippen molar-refractivity contribution in [2.75, 3.05) is 13.2 Å². The van der Waals surface area contributed by atoms with Crippen molar-refractivity contribution >= 4 is 11.8 Å². The highest BCUT2D eigenvalue weighted by molar-refractivity contribution is 5.94. The number of benzene rings is 1. The maximum atomic E-state index is 12.3. The summed E-state index contributed by atoms with van der Waals surface area (Å²) >= 11 is 0. The molecule has 1 saturated carbocycles. The van der Waals surface area contributed by atoms with Gasteiger partial charge in [0, 0.05) is 24.6 Å². The smallest absolute Gasteiger partial charge is 0.251 e. The summed E-state index contributed by atoms with van der Waals surface area (Å²) in [7, 11) is 0. The number of hydrogen-bond donors (Lipinski definition) is 1. The van der Waals surface area contributed by atoms with Gasteiger partial charge in [-0.25, -0.2) is 0 Å².